The average Bonchev–Trinajstić information content (AvgIpc) is 3.30. The van der Waals surface area contributed by atoms with Crippen LogP contribution >= 0.6 is 0 Å². The van der Waals surface area contributed by atoms with Crippen LogP contribution in [0, 0.1) is 0 Å². The van der Waals surface area contributed by atoms with Gasteiger partial charge in [0, 0.05) is 37.9 Å². The Bertz CT molecular complexity index is 963. The van der Waals surface area contributed by atoms with E-state index in [2.05, 4.69) is 49.0 Å². The van der Waals surface area contributed by atoms with Gasteiger partial charge >= 0.3 is 0 Å². The maximum Gasteiger partial charge on any atom is 0.253 e. The first-order valence-corrected chi connectivity index (χ1v) is 9.66. The van der Waals surface area contributed by atoms with Gasteiger partial charge in [0.15, 0.2) is 5.65 Å². The highest BCUT2D eigenvalue weighted by atomic mass is 16.1. The smallest absolute Gasteiger partial charge is 0.253 e. The molecular formula is C21H23N5O. The number of carbonyl (C=O) groups excluding carboxylic acids is 1. The van der Waals surface area contributed by atoms with Gasteiger partial charge in [-0.05, 0) is 30.9 Å². The standard InChI is InChI=1S/C21H23N5O/c27-21(16-10-19-20(22-11-16)26(14-23-19)18-6-7-18)24-17-8-9-25(13-17)12-15-4-2-1-3-5-15/h1-5,10-11,14,17-18H,6-9,12-13H2,(H,24,27). The lowest BCUT2D eigenvalue weighted by molar-refractivity contribution is 0.0937. The molecule has 5 rings (SSSR count). The Balaban J connectivity index is 1.22. The molecule has 2 aromatic heterocycles. The fourth-order valence-corrected chi connectivity index (χ4v) is 3.87. The summed E-state index contributed by atoms with van der Waals surface area (Å²) in [5.74, 6) is -0.0584. The Kier molecular flexibility index (Phi) is 4.13. The molecule has 0 bridgehead atoms. The quantitative estimate of drug-likeness (QED) is 0.759. The zero-order chi connectivity index (χ0) is 18.2. The number of nitrogens with one attached hydrogen (secondary N) is 1. The van der Waals surface area contributed by atoms with Crippen LogP contribution in [0.3, 0.4) is 0 Å². The van der Waals surface area contributed by atoms with Crippen molar-refractivity contribution in [3.8, 4) is 0 Å². The van der Waals surface area contributed by atoms with Gasteiger partial charge in [0.05, 0.1) is 11.9 Å². The summed E-state index contributed by atoms with van der Waals surface area (Å²) in [6.07, 6.45) is 6.88. The molecule has 3 heterocycles. The molecule has 2 aliphatic rings. The fraction of sp³-hybridized carbons (Fsp3) is 0.381. The topological polar surface area (TPSA) is 63.1 Å². The molecule has 1 unspecified atom stereocenters. The number of likely N-dealkylation sites (tertiary alicyclic amines) is 1. The third kappa shape index (κ3) is 3.45. The van der Waals surface area contributed by atoms with Crippen LogP contribution in [-0.2, 0) is 6.54 Å². The Morgan fingerprint density at radius 2 is 2.00 bits per heavy atom. The van der Waals surface area contributed by atoms with Crippen molar-refractivity contribution in [2.24, 2.45) is 0 Å². The maximum atomic E-state index is 12.7. The predicted molar refractivity (Wildman–Crippen MR) is 103 cm³/mol. The second-order valence-electron chi connectivity index (χ2n) is 7.63. The molecule has 1 amide bonds. The SMILES string of the molecule is O=C(NC1CCN(Cc2ccccc2)C1)c1cnc2c(c1)ncn2C1CC1. The van der Waals surface area contributed by atoms with Crippen LogP contribution in [-0.4, -0.2) is 44.5 Å². The molecule has 27 heavy (non-hydrogen) atoms. The monoisotopic (exact) mass is 361 g/mol. The van der Waals surface area contributed by atoms with Gasteiger partial charge in [-0.1, -0.05) is 30.3 Å². The number of imidazole rings is 1. The summed E-state index contributed by atoms with van der Waals surface area (Å²) in [7, 11) is 0. The van der Waals surface area contributed by atoms with Crippen LogP contribution in [0.1, 0.15) is 41.2 Å². The van der Waals surface area contributed by atoms with Crippen molar-refractivity contribution in [3.63, 3.8) is 0 Å². The van der Waals surface area contributed by atoms with Crippen LogP contribution < -0.4 is 5.32 Å². The number of amides is 1. The van der Waals surface area contributed by atoms with Gasteiger partial charge in [-0.3, -0.25) is 9.69 Å². The van der Waals surface area contributed by atoms with E-state index >= 15 is 0 Å². The molecule has 1 aliphatic carbocycles. The highest BCUT2D eigenvalue weighted by Gasteiger charge is 2.27. The molecule has 0 spiro atoms. The number of aromatic nitrogens is 3. The van der Waals surface area contributed by atoms with E-state index in [-0.39, 0.29) is 11.9 Å². The van der Waals surface area contributed by atoms with Crippen LogP contribution in [0.2, 0.25) is 0 Å². The minimum absolute atomic E-state index is 0.0584. The number of hydrogen-bond donors (Lipinski definition) is 1. The van der Waals surface area contributed by atoms with E-state index in [9.17, 15) is 4.79 Å². The molecule has 3 aromatic rings. The number of pyridine rings is 1. The predicted octanol–water partition coefficient (Wildman–Crippen LogP) is 2.77. The third-order valence-corrected chi connectivity index (χ3v) is 5.47. The van der Waals surface area contributed by atoms with Crippen molar-refractivity contribution >= 4 is 17.1 Å². The van der Waals surface area contributed by atoms with Gasteiger partial charge in [-0.15, -0.1) is 0 Å². The molecule has 0 radical (unpaired) electrons. The van der Waals surface area contributed by atoms with Crippen molar-refractivity contribution in [1.29, 1.82) is 0 Å². The molecule has 138 valence electrons. The van der Waals surface area contributed by atoms with E-state index in [1.807, 2.05) is 18.5 Å². The van der Waals surface area contributed by atoms with Crippen molar-refractivity contribution < 1.29 is 4.79 Å². The van der Waals surface area contributed by atoms with Crippen molar-refractivity contribution in [2.75, 3.05) is 13.1 Å². The summed E-state index contributed by atoms with van der Waals surface area (Å²) >= 11 is 0. The first-order valence-electron chi connectivity index (χ1n) is 9.66. The summed E-state index contributed by atoms with van der Waals surface area (Å²) in [6.45, 7) is 2.81. The fourth-order valence-electron chi connectivity index (χ4n) is 3.87. The molecule has 1 aromatic carbocycles. The van der Waals surface area contributed by atoms with Crippen molar-refractivity contribution in [2.45, 2.75) is 37.9 Å². The zero-order valence-electron chi connectivity index (χ0n) is 15.2. The van der Waals surface area contributed by atoms with Gasteiger partial charge in [-0.25, -0.2) is 9.97 Å². The largest absolute Gasteiger partial charge is 0.348 e. The van der Waals surface area contributed by atoms with Gasteiger partial charge in [0.2, 0.25) is 0 Å². The van der Waals surface area contributed by atoms with Crippen LogP contribution in [0.5, 0.6) is 0 Å². The lowest BCUT2D eigenvalue weighted by Crippen LogP contribution is -2.37. The first kappa shape index (κ1) is 16.4. The normalized spacial score (nSPS) is 20.2. The van der Waals surface area contributed by atoms with Crippen LogP contribution in [0.15, 0.2) is 48.9 Å². The van der Waals surface area contributed by atoms with Gasteiger partial charge in [0.1, 0.15) is 5.52 Å². The second kappa shape index (κ2) is 6.78. The molecule has 1 aliphatic heterocycles. The Labute approximate surface area is 158 Å². The summed E-state index contributed by atoms with van der Waals surface area (Å²) in [4.78, 5) is 24.0. The zero-order valence-corrected chi connectivity index (χ0v) is 15.2. The van der Waals surface area contributed by atoms with E-state index in [0.717, 1.165) is 37.2 Å². The van der Waals surface area contributed by atoms with E-state index in [0.29, 0.717) is 11.6 Å². The number of benzene rings is 1. The molecular weight excluding hydrogens is 338 g/mol. The van der Waals surface area contributed by atoms with Crippen LogP contribution in [0.4, 0.5) is 0 Å². The van der Waals surface area contributed by atoms with Gasteiger partial charge in [-0.2, -0.15) is 0 Å². The molecule has 1 saturated heterocycles. The molecule has 6 heteroatoms. The summed E-state index contributed by atoms with van der Waals surface area (Å²) < 4.78 is 2.12. The summed E-state index contributed by atoms with van der Waals surface area (Å²) in [5.41, 5.74) is 3.58. The summed E-state index contributed by atoms with van der Waals surface area (Å²) in [5, 5.41) is 3.16. The Morgan fingerprint density at radius 1 is 1.15 bits per heavy atom. The lowest BCUT2D eigenvalue weighted by Gasteiger charge is -2.16. The minimum Gasteiger partial charge on any atom is -0.348 e. The third-order valence-electron chi connectivity index (χ3n) is 5.47. The number of hydrogen-bond acceptors (Lipinski definition) is 4. The number of nitrogens with zero attached hydrogens (tertiary/aromatic N) is 4. The number of rotatable bonds is 5. The van der Waals surface area contributed by atoms with E-state index in [1.165, 1.54) is 18.4 Å². The van der Waals surface area contributed by atoms with E-state index in [4.69, 9.17) is 0 Å². The molecule has 1 N–H and O–H groups in total. The molecule has 1 atom stereocenters. The van der Waals surface area contributed by atoms with Crippen molar-refractivity contribution in [1.82, 2.24) is 24.8 Å². The van der Waals surface area contributed by atoms with E-state index < -0.39 is 0 Å². The first-order chi connectivity index (χ1) is 13.3. The molecule has 2 fully saturated rings. The Hall–Kier alpha value is -2.73. The Morgan fingerprint density at radius 3 is 2.81 bits per heavy atom. The van der Waals surface area contributed by atoms with Gasteiger partial charge in [0.25, 0.3) is 5.91 Å². The van der Waals surface area contributed by atoms with Crippen LogP contribution in [0.25, 0.3) is 11.2 Å². The number of fused-ring (bicyclic) bond motifs is 1. The minimum atomic E-state index is -0.0584. The maximum absolute atomic E-state index is 12.7. The number of carbonyl (C=O) groups is 1. The van der Waals surface area contributed by atoms with Crippen molar-refractivity contribution in [3.05, 3.63) is 60.0 Å². The highest BCUT2D eigenvalue weighted by molar-refractivity contribution is 5.96. The molecule has 6 nitrogen and oxygen atoms in total. The lowest BCUT2D eigenvalue weighted by atomic mass is 10.2. The second-order valence-corrected chi connectivity index (χ2v) is 7.63. The average molecular weight is 361 g/mol. The summed E-state index contributed by atoms with van der Waals surface area (Å²) in [6, 6.07) is 13.0. The highest BCUT2D eigenvalue weighted by Crippen LogP contribution is 2.36. The van der Waals surface area contributed by atoms with E-state index in [1.54, 1.807) is 6.20 Å². The van der Waals surface area contributed by atoms with Gasteiger partial charge < -0.3 is 9.88 Å². The molecule has 1 saturated carbocycles.